The number of rotatable bonds is 5. The maximum absolute atomic E-state index is 14.0. The van der Waals surface area contributed by atoms with Gasteiger partial charge in [0.2, 0.25) is 5.88 Å². The van der Waals surface area contributed by atoms with E-state index in [1.54, 1.807) is 11.9 Å². The Hall–Kier alpha value is -1.19. The van der Waals surface area contributed by atoms with Gasteiger partial charge >= 0.3 is 5.92 Å². The van der Waals surface area contributed by atoms with Crippen LogP contribution in [-0.4, -0.2) is 42.6 Å². The lowest BCUT2D eigenvalue weighted by atomic mass is 10.2. The zero-order chi connectivity index (χ0) is 14.8. The summed E-state index contributed by atoms with van der Waals surface area (Å²) in [5, 5.41) is 0. The van der Waals surface area contributed by atoms with Gasteiger partial charge in [0.05, 0.1) is 7.11 Å². The maximum Gasteiger partial charge on any atom is 0.309 e. The van der Waals surface area contributed by atoms with Gasteiger partial charge in [-0.25, -0.2) is 9.98 Å². The first-order chi connectivity index (χ1) is 9.44. The van der Waals surface area contributed by atoms with Crippen molar-refractivity contribution < 1.29 is 13.5 Å². The zero-order valence-electron chi connectivity index (χ0n) is 11.9. The van der Waals surface area contributed by atoms with Crippen molar-refractivity contribution in [3.63, 3.8) is 0 Å². The molecule has 0 bridgehead atoms. The summed E-state index contributed by atoms with van der Waals surface area (Å²) in [4.78, 5) is 9.25. The molecule has 1 aliphatic rings. The van der Waals surface area contributed by atoms with Crippen molar-refractivity contribution in [2.24, 2.45) is 10.7 Å². The molecule has 0 aromatic carbocycles. The van der Waals surface area contributed by atoms with Crippen LogP contribution in [0.2, 0.25) is 0 Å². The van der Waals surface area contributed by atoms with Crippen LogP contribution in [0, 0.1) is 0 Å². The standard InChI is InChI=1S/C13H18F2N4O.HI/c1-19(9-6-7-9)12(16)17-8-13(14,15)10-4-3-5-11(18-10)20-2;/h3-5,9H,6-8H2,1-2H3,(H2,16,17);1H. The number of guanidine groups is 1. The van der Waals surface area contributed by atoms with E-state index in [0.29, 0.717) is 6.04 Å². The summed E-state index contributed by atoms with van der Waals surface area (Å²) in [5.74, 6) is -2.90. The van der Waals surface area contributed by atoms with E-state index in [2.05, 4.69) is 9.98 Å². The van der Waals surface area contributed by atoms with E-state index in [1.165, 1.54) is 25.3 Å². The molecule has 1 aromatic heterocycles. The Kier molecular flexibility index (Phi) is 6.11. The maximum atomic E-state index is 14.0. The van der Waals surface area contributed by atoms with Gasteiger partial charge in [-0.3, -0.25) is 0 Å². The number of halogens is 3. The molecule has 0 atom stereocenters. The summed E-state index contributed by atoms with van der Waals surface area (Å²) in [7, 11) is 3.14. The lowest BCUT2D eigenvalue weighted by Gasteiger charge is -2.19. The van der Waals surface area contributed by atoms with E-state index in [-0.39, 0.29) is 41.5 Å². The molecule has 0 amide bonds. The highest BCUT2D eigenvalue weighted by molar-refractivity contribution is 14.0. The molecule has 1 saturated carbocycles. The predicted molar refractivity (Wildman–Crippen MR) is 87.4 cm³/mol. The van der Waals surface area contributed by atoms with Gasteiger partial charge in [-0.2, -0.15) is 8.78 Å². The normalized spacial score (nSPS) is 15.3. The summed E-state index contributed by atoms with van der Waals surface area (Å²) in [6.45, 7) is -0.726. The fraction of sp³-hybridized carbons (Fsp3) is 0.538. The minimum absolute atomic E-state index is 0. The van der Waals surface area contributed by atoms with Crippen molar-refractivity contribution in [1.29, 1.82) is 0 Å². The number of alkyl halides is 2. The Balaban J connectivity index is 0.00000220. The van der Waals surface area contributed by atoms with Crippen molar-refractivity contribution in [2.45, 2.75) is 24.8 Å². The molecule has 1 aromatic rings. The quantitative estimate of drug-likeness (QED) is 0.458. The molecule has 21 heavy (non-hydrogen) atoms. The Morgan fingerprint density at radius 1 is 1.52 bits per heavy atom. The van der Waals surface area contributed by atoms with Crippen LogP contribution in [-0.2, 0) is 5.92 Å². The fourth-order valence-corrected chi connectivity index (χ4v) is 1.75. The number of hydrogen-bond acceptors (Lipinski definition) is 3. The summed E-state index contributed by atoms with van der Waals surface area (Å²) in [5.41, 5.74) is 5.32. The van der Waals surface area contributed by atoms with Gasteiger partial charge in [0.25, 0.3) is 0 Å². The second kappa shape index (κ2) is 7.19. The third kappa shape index (κ3) is 4.65. The average Bonchev–Trinajstić information content (AvgIpc) is 3.28. The molecular formula is C13H19F2IN4O. The topological polar surface area (TPSA) is 63.7 Å². The number of methoxy groups -OCH3 is 1. The van der Waals surface area contributed by atoms with E-state index in [0.717, 1.165) is 12.8 Å². The lowest BCUT2D eigenvalue weighted by molar-refractivity contribution is 0.00123. The van der Waals surface area contributed by atoms with E-state index < -0.39 is 12.5 Å². The average molecular weight is 412 g/mol. The minimum Gasteiger partial charge on any atom is -0.481 e. The molecule has 1 aliphatic carbocycles. The number of nitrogens with zero attached hydrogens (tertiary/aromatic N) is 3. The molecule has 0 saturated heterocycles. The highest BCUT2D eigenvalue weighted by atomic mass is 127. The molecule has 0 spiro atoms. The summed E-state index contributed by atoms with van der Waals surface area (Å²) >= 11 is 0. The van der Waals surface area contributed by atoms with Gasteiger partial charge in [0, 0.05) is 19.2 Å². The molecule has 1 fully saturated rings. The number of nitrogens with two attached hydrogens (primary N) is 1. The van der Waals surface area contributed by atoms with Crippen LogP contribution in [0.5, 0.6) is 5.88 Å². The SMILES string of the molecule is COc1cccc(C(F)(F)CN=C(N)N(C)C2CC2)n1.I. The highest BCUT2D eigenvalue weighted by Crippen LogP contribution is 2.29. The first-order valence-corrected chi connectivity index (χ1v) is 6.36. The van der Waals surface area contributed by atoms with Crippen LogP contribution in [0.1, 0.15) is 18.5 Å². The summed E-state index contributed by atoms with van der Waals surface area (Å²) in [6.07, 6.45) is 2.06. The molecule has 0 radical (unpaired) electrons. The zero-order valence-corrected chi connectivity index (χ0v) is 14.3. The van der Waals surface area contributed by atoms with Gasteiger partial charge in [-0.15, -0.1) is 24.0 Å². The highest BCUT2D eigenvalue weighted by Gasteiger charge is 2.34. The Labute approximate surface area is 139 Å². The molecular weight excluding hydrogens is 393 g/mol. The largest absolute Gasteiger partial charge is 0.481 e. The van der Waals surface area contributed by atoms with Gasteiger partial charge in [0.15, 0.2) is 5.96 Å². The number of aromatic nitrogens is 1. The van der Waals surface area contributed by atoms with Gasteiger partial charge in [-0.05, 0) is 18.9 Å². The van der Waals surface area contributed by atoms with Crippen LogP contribution in [0.4, 0.5) is 8.78 Å². The molecule has 8 heteroatoms. The second-order valence-electron chi connectivity index (χ2n) is 4.79. The van der Waals surface area contributed by atoms with Crippen molar-refractivity contribution in [2.75, 3.05) is 20.7 Å². The summed E-state index contributed by atoms with van der Waals surface area (Å²) in [6, 6.07) is 4.57. The molecule has 5 nitrogen and oxygen atoms in total. The van der Waals surface area contributed by atoms with Crippen molar-refractivity contribution >= 4 is 29.9 Å². The van der Waals surface area contributed by atoms with E-state index >= 15 is 0 Å². The van der Waals surface area contributed by atoms with Gasteiger partial charge in [0.1, 0.15) is 12.2 Å². The third-order valence-electron chi connectivity index (χ3n) is 3.20. The minimum atomic E-state index is -3.18. The van der Waals surface area contributed by atoms with Crippen LogP contribution < -0.4 is 10.5 Å². The van der Waals surface area contributed by atoms with Crippen LogP contribution in [0.3, 0.4) is 0 Å². The smallest absolute Gasteiger partial charge is 0.309 e. The van der Waals surface area contributed by atoms with Gasteiger partial charge in [-0.1, -0.05) is 6.07 Å². The van der Waals surface area contributed by atoms with Crippen LogP contribution in [0.15, 0.2) is 23.2 Å². The number of pyridine rings is 1. The Bertz CT molecular complexity index is 509. The Morgan fingerprint density at radius 2 is 2.19 bits per heavy atom. The first kappa shape index (κ1) is 17.9. The number of ether oxygens (including phenoxy) is 1. The molecule has 2 N–H and O–H groups in total. The van der Waals surface area contributed by atoms with Crippen LogP contribution in [0.25, 0.3) is 0 Å². The van der Waals surface area contributed by atoms with Crippen molar-refractivity contribution in [3.05, 3.63) is 23.9 Å². The molecule has 0 unspecified atom stereocenters. The van der Waals surface area contributed by atoms with Crippen LogP contribution >= 0.6 is 24.0 Å². The molecule has 118 valence electrons. The monoisotopic (exact) mass is 412 g/mol. The number of aliphatic imine (C=N–C) groups is 1. The van der Waals surface area contributed by atoms with Gasteiger partial charge < -0.3 is 15.4 Å². The third-order valence-corrected chi connectivity index (χ3v) is 3.20. The predicted octanol–water partition coefficient (Wildman–Crippen LogP) is 2.21. The van der Waals surface area contributed by atoms with Crippen molar-refractivity contribution in [1.82, 2.24) is 9.88 Å². The first-order valence-electron chi connectivity index (χ1n) is 6.36. The van der Waals surface area contributed by atoms with E-state index in [1.807, 2.05) is 0 Å². The molecule has 1 heterocycles. The second-order valence-corrected chi connectivity index (χ2v) is 4.79. The van der Waals surface area contributed by atoms with E-state index in [4.69, 9.17) is 10.5 Å². The number of hydrogen-bond donors (Lipinski definition) is 1. The molecule has 0 aliphatic heterocycles. The summed E-state index contributed by atoms with van der Waals surface area (Å²) < 4.78 is 32.9. The lowest BCUT2D eigenvalue weighted by Crippen LogP contribution is -2.36. The van der Waals surface area contributed by atoms with E-state index in [9.17, 15) is 8.78 Å². The van der Waals surface area contributed by atoms with Crippen molar-refractivity contribution in [3.8, 4) is 5.88 Å². The Morgan fingerprint density at radius 3 is 2.76 bits per heavy atom. The fourth-order valence-electron chi connectivity index (χ4n) is 1.75. The molecule has 2 rings (SSSR count).